The maximum Gasteiger partial charge on any atom is 0.273 e. The topological polar surface area (TPSA) is 74.2 Å². The normalized spacial score (nSPS) is 12.4. The van der Waals surface area contributed by atoms with Crippen LogP contribution in [0.25, 0.3) is 10.9 Å². The number of aromatic nitrogens is 2. The summed E-state index contributed by atoms with van der Waals surface area (Å²) >= 11 is 0. The standard InChI is InChI=1S/C26H29FN4O2/c1-3-18(2)29-26(32)24-17-33-25(30-24)16-31(15-20-8-4-6-10-22(20)27)13-12-19-14-28-23-11-7-5-9-21(19)23/h4-11,14,17-18,28H,3,12-13,15-16H2,1-2H3,(H,29,32). The molecule has 2 heterocycles. The molecule has 33 heavy (non-hydrogen) atoms. The number of rotatable bonds is 10. The van der Waals surface area contributed by atoms with Gasteiger partial charge in [0.25, 0.3) is 5.91 Å². The smallest absolute Gasteiger partial charge is 0.273 e. The number of benzene rings is 2. The maximum atomic E-state index is 14.4. The molecule has 7 heteroatoms. The summed E-state index contributed by atoms with van der Waals surface area (Å²) in [6, 6.07) is 15.0. The van der Waals surface area contributed by atoms with Crippen LogP contribution < -0.4 is 5.32 Å². The third-order valence-corrected chi connectivity index (χ3v) is 5.86. The lowest BCUT2D eigenvalue weighted by Crippen LogP contribution is -2.32. The summed E-state index contributed by atoms with van der Waals surface area (Å²) in [6.07, 6.45) is 5.02. The number of nitrogens with one attached hydrogen (secondary N) is 2. The molecule has 4 rings (SSSR count). The number of H-pyrrole nitrogens is 1. The number of carbonyl (C=O) groups is 1. The number of halogens is 1. The van der Waals surface area contributed by atoms with Crippen molar-refractivity contribution in [2.45, 2.75) is 45.8 Å². The van der Waals surface area contributed by atoms with Crippen LogP contribution in [-0.4, -0.2) is 33.4 Å². The quantitative estimate of drug-likeness (QED) is 0.355. The van der Waals surface area contributed by atoms with Crippen molar-refractivity contribution < 1.29 is 13.6 Å². The first kappa shape index (κ1) is 22.7. The molecule has 1 atom stereocenters. The van der Waals surface area contributed by atoms with Crippen LogP contribution in [0.3, 0.4) is 0 Å². The molecule has 0 aliphatic heterocycles. The van der Waals surface area contributed by atoms with Crippen molar-refractivity contribution in [1.82, 2.24) is 20.2 Å². The summed E-state index contributed by atoms with van der Waals surface area (Å²) < 4.78 is 19.9. The Morgan fingerprint density at radius 1 is 1.15 bits per heavy atom. The van der Waals surface area contributed by atoms with Gasteiger partial charge in [-0.1, -0.05) is 43.3 Å². The number of amides is 1. The zero-order valence-electron chi connectivity index (χ0n) is 19.0. The largest absolute Gasteiger partial charge is 0.447 e. The number of fused-ring (bicyclic) bond motifs is 1. The molecule has 0 fully saturated rings. The third-order valence-electron chi connectivity index (χ3n) is 5.86. The molecule has 1 unspecified atom stereocenters. The summed E-state index contributed by atoms with van der Waals surface area (Å²) in [7, 11) is 0. The van der Waals surface area contributed by atoms with Gasteiger partial charge in [0, 0.05) is 41.8 Å². The summed E-state index contributed by atoms with van der Waals surface area (Å²) in [5.41, 5.74) is 3.16. The van der Waals surface area contributed by atoms with E-state index < -0.39 is 0 Å². The van der Waals surface area contributed by atoms with Crippen LogP contribution in [0, 0.1) is 5.82 Å². The predicted octanol–water partition coefficient (Wildman–Crippen LogP) is 5.07. The molecule has 1 amide bonds. The minimum atomic E-state index is -0.251. The Balaban J connectivity index is 1.49. The Labute approximate surface area is 192 Å². The summed E-state index contributed by atoms with van der Waals surface area (Å²) in [6.45, 7) is 5.40. The predicted molar refractivity (Wildman–Crippen MR) is 126 cm³/mol. The Morgan fingerprint density at radius 3 is 2.76 bits per heavy atom. The zero-order valence-corrected chi connectivity index (χ0v) is 19.0. The van der Waals surface area contributed by atoms with Crippen molar-refractivity contribution in [1.29, 1.82) is 0 Å². The molecule has 4 aromatic rings. The van der Waals surface area contributed by atoms with Crippen LogP contribution in [0.5, 0.6) is 0 Å². The monoisotopic (exact) mass is 448 g/mol. The average molecular weight is 449 g/mol. The van der Waals surface area contributed by atoms with Gasteiger partial charge in [-0.15, -0.1) is 0 Å². The highest BCUT2D eigenvalue weighted by Crippen LogP contribution is 2.20. The van der Waals surface area contributed by atoms with Gasteiger partial charge in [0.1, 0.15) is 12.1 Å². The maximum absolute atomic E-state index is 14.4. The van der Waals surface area contributed by atoms with Crippen LogP contribution >= 0.6 is 0 Å². The van der Waals surface area contributed by atoms with E-state index in [2.05, 4.69) is 32.3 Å². The number of carbonyl (C=O) groups excluding carboxylic acids is 1. The second-order valence-corrected chi connectivity index (χ2v) is 8.32. The highest BCUT2D eigenvalue weighted by Gasteiger charge is 2.18. The highest BCUT2D eigenvalue weighted by molar-refractivity contribution is 5.92. The number of oxazole rings is 1. The van der Waals surface area contributed by atoms with Crippen LogP contribution in [0.15, 0.2) is 65.4 Å². The lowest BCUT2D eigenvalue weighted by molar-refractivity contribution is 0.0934. The van der Waals surface area contributed by atoms with Crippen molar-refractivity contribution in [2.24, 2.45) is 0 Å². The number of nitrogens with zero attached hydrogens (tertiary/aromatic N) is 2. The molecular weight excluding hydrogens is 419 g/mol. The fourth-order valence-electron chi connectivity index (χ4n) is 3.78. The van der Waals surface area contributed by atoms with E-state index in [0.717, 1.165) is 18.4 Å². The third kappa shape index (κ3) is 5.68. The molecule has 0 saturated heterocycles. The molecule has 2 aromatic heterocycles. The number of hydrogen-bond acceptors (Lipinski definition) is 4. The fraction of sp³-hybridized carbons (Fsp3) is 0.308. The molecule has 0 aliphatic carbocycles. The lowest BCUT2D eigenvalue weighted by Gasteiger charge is -2.21. The van der Waals surface area contributed by atoms with E-state index in [1.54, 1.807) is 12.1 Å². The number of aromatic amines is 1. The van der Waals surface area contributed by atoms with Gasteiger partial charge < -0.3 is 14.7 Å². The highest BCUT2D eigenvalue weighted by atomic mass is 19.1. The lowest BCUT2D eigenvalue weighted by atomic mass is 10.1. The van der Waals surface area contributed by atoms with E-state index in [-0.39, 0.29) is 23.5 Å². The van der Waals surface area contributed by atoms with E-state index in [0.29, 0.717) is 31.1 Å². The van der Waals surface area contributed by atoms with Gasteiger partial charge >= 0.3 is 0 Å². The number of para-hydroxylation sites is 1. The summed E-state index contributed by atoms with van der Waals surface area (Å²) in [4.78, 5) is 22.1. The van der Waals surface area contributed by atoms with Crippen molar-refractivity contribution in [3.8, 4) is 0 Å². The Hall–Kier alpha value is -3.45. The first-order valence-electron chi connectivity index (χ1n) is 11.3. The van der Waals surface area contributed by atoms with Gasteiger partial charge in [-0.25, -0.2) is 9.37 Å². The molecule has 2 N–H and O–H groups in total. The summed E-state index contributed by atoms with van der Waals surface area (Å²) in [5.74, 6) is -0.0611. The van der Waals surface area contributed by atoms with E-state index in [4.69, 9.17) is 4.42 Å². The minimum absolute atomic E-state index is 0.0615. The molecule has 172 valence electrons. The fourth-order valence-corrected chi connectivity index (χ4v) is 3.78. The van der Waals surface area contributed by atoms with Crippen molar-refractivity contribution in [3.05, 3.63) is 89.5 Å². The van der Waals surface area contributed by atoms with Crippen molar-refractivity contribution in [2.75, 3.05) is 6.54 Å². The Bertz CT molecular complexity index is 1220. The molecule has 0 bridgehead atoms. The van der Waals surface area contributed by atoms with E-state index in [1.807, 2.05) is 38.2 Å². The van der Waals surface area contributed by atoms with Gasteiger partial charge in [0.15, 0.2) is 5.69 Å². The molecule has 0 radical (unpaired) electrons. The van der Waals surface area contributed by atoms with E-state index >= 15 is 0 Å². The molecule has 0 saturated carbocycles. The van der Waals surface area contributed by atoms with Gasteiger partial charge in [0.2, 0.25) is 5.89 Å². The molecule has 2 aromatic carbocycles. The zero-order chi connectivity index (χ0) is 23.2. The van der Waals surface area contributed by atoms with Crippen molar-refractivity contribution in [3.63, 3.8) is 0 Å². The Morgan fingerprint density at radius 2 is 1.94 bits per heavy atom. The second kappa shape index (κ2) is 10.4. The van der Waals surface area contributed by atoms with E-state index in [1.165, 1.54) is 23.3 Å². The number of hydrogen-bond donors (Lipinski definition) is 2. The van der Waals surface area contributed by atoms with Crippen LogP contribution in [0.4, 0.5) is 4.39 Å². The van der Waals surface area contributed by atoms with Gasteiger partial charge in [-0.05, 0) is 37.5 Å². The molecule has 6 nitrogen and oxygen atoms in total. The molecule has 0 spiro atoms. The van der Waals surface area contributed by atoms with Gasteiger partial charge in [-0.3, -0.25) is 9.69 Å². The summed E-state index contributed by atoms with van der Waals surface area (Å²) in [5, 5.41) is 4.08. The van der Waals surface area contributed by atoms with Crippen LogP contribution in [0.2, 0.25) is 0 Å². The van der Waals surface area contributed by atoms with Gasteiger partial charge in [-0.2, -0.15) is 0 Å². The first-order chi connectivity index (χ1) is 16.0. The van der Waals surface area contributed by atoms with Gasteiger partial charge in [0.05, 0.1) is 6.54 Å². The van der Waals surface area contributed by atoms with E-state index in [9.17, 15) is 9.18 Å². The van der Waals surface area contributed by atoms with Crippen LogP contribution in [-0.2, 0) is 19.5 Å². The average Bonchev–Trinajstić information content (AvgIpc) is 3.46. The SMILES string of the molecule is CCC(C)NC(=O)c1coc(CN(CCc2c[nH]c3ccccc23)Cc2ccccc2F)n1. The Kier molecular flexibility index (Phi) is 7.19. The molecular formula is C26H29FN4O2. The second-order valence-electron chi connectivity index (χ2n) is 8.32. The minimum Gasteiger partial charge on any atom is -0.447 e. The first-order valence-corrected chi connectivity index (χ1v) is 11.3. The van der Waals surface area contributed by atoms with Crippen molar-refractivity contribution >= 4 is 16.8 Å². The van der Waals surface area contributed by atoms with Crippen LogP contribution in [0.1, 0.15) is 47.8 Å². The molecule has 0 aliphatic rings.